The summed E-state index contributed by atoms with van der Waals surface area (Å²) in [6.45, 7) is 0.428. The van der Waals surface area contributed by atoms with E-state index in [0.29, 0.717) is 12.2 Å². The van der Waals surface area contributed by atoms with Gasteiger partial charge in [-0.2, -0.15) is 5.10 Å². The van der Waals surface area contributed by atoms with Crippen LogP contribution in [-0.4, -0.2) is 23.2 Å². The lowest BCUT2D eigenvalue weighted by molar-refractivity contribution is 0.0946. The lowest BCUT2D eigenvalue weighted by Crippen LogP contribution is -2.23. The minimum absolute atomic E-state index is 0.207. The lowest BCUT2D eigenvalue weighted by Gasteiger charge is -2.05. The molecule has 0 saturated heterocycles. The molecule has 0 aliphatic heterocycles. The Hall–Kier alpha value is -2.60. The smallest absolute Gasteiger partial charge is 0.272 e. The van der Waals surface area contributed by atoms with Gasteiger partial charge < -0.3 is 10.1 Å². The van der Waals surface area contributed by atoms with Gasteiger partial charge in [0.2, 0.25) is 0 Å². The number of hydrogen-bond donors (Lipinski definition) is 2. The van der Waals surface area contributed by atoms with E-state index in [9.17, 15) is 4.79 Å². The minimum Gasteiger partial charge on any atom is -0.497 e. The van der Waals surface area contributed by atoms with Crippen molar-refractivity contribution >= 4 is 17.2 Å². The summed E-state index contributed by atoms with van der Waals surface area (Å²) >= 11 is 1.60. The van der Waals surface area contributed by atoms with Crippen LogP contribution in [0, 0.1) is 0 Å². The van der Waals surface area contributed by atoms with Gasteiger partial charge in [0, 0.05) is 6.54 Å². The van der Waals surface area contributed by atoms with Gasteiger partial charge in [-0.1, -0.05) is 18.2 Å². The Morgan fingerprint density at radius 1 is 1.32 bits per heavy atom. The van der Waals surface area contributed by atoms with Gasteiger partial charge in [-0.3, -0.25) is 9.89 Å². The maximum atomic E-state index is 12.1. The van der Waals surface area contributed by atoms with Crippen molar-refractivity contribution in [1.29, 1.82) is 0 Å². The molecule has 0 bridgehead atoms. The predicted octanol–water partition coefficient (Wildman–Crippen LogP) is 3.08. The third kappa shape index (κ3) is 3.17. The molecule has 1 aromatic carbocycles. The standard InChI is InChI=1S/C16H15N3O2S/c1-21-12-5-2-4-11(8-12)10-17-16(20)14-9-13(18-19-14)15-6-3-7-22-15/h2-9H,10H2,1H3,(H,17,20)(H,18,19). The summed E-state index contributed by atoms with van der Waals surface area (Å²) in [5.74, 6) is 0.563. The van der Waals surface area contributed by atoms with Crippen LogP contribution in [0.1, 0.15) is 16.1 Å². The third-order valence-electron chi connectivity index (χ3n) is 3.18. The molecule has 3 rings (SSSR count). The second-order valence-corrected chi connectivity index (χ2v) is 5.63. The Balaban J connectivity index is 1.64. The zero-order chi connectivity index (χ0) is 15.4. The second kappa shape index (κ2) is 6.44. The molecule has 0 aliphatic carbocycles. The van der Waals surface area contributed by atoms with Crippen molar-refractivity contribution in [3.8, 4) is 16.3 Å². The average Bonchev–Trinajstić information content (AvgIpc) is 3.23. The van der Waals surface area contributed by atoms with Crippen molar-refractivity contribution < 1.29 is 9.53 Å². The number of aromatic amines is 1. The number of nitrogens with zero attached hydrogens (tertiary/aromatic N) is 1. The summed E-state index contributed by atoms with van der Waals surface area (Å²) in [6, 6.07) is 13.3. The predicted molar refractivity (Wildman–Crippen MR) is 86.1 cm³/mol. The number of aromatic nitrogens is 2. The van der Waals surface area contributed by atoms with E-state index in [2.05, 4.69) is 15.5 Å². The topological polar surface area (TPSA) is 67.0 Å². The van der Waals surface area contributed by atoms with Crippen LogP contribution in [0.3, 0.4) is 0 Å². The largest absolute Gasteiger partial charge is 0.497 e. The highest BCUT2D eigenvalue weighted by Crippen LogP contribution is 2.22. The Kier molecular flexibility index (Phi) is 4.20. The number of nitrogens with one attached hydrogen (secondary N) is 2. The maximum absolute atomic E-state index is 12.1. The van der Waals surface area contributed by atoms with E-state index in [1.165, 1.54) is 0 Å². The number of hydrogen-bond acceptors (Lipinski definition) is 4. The lowest BCUT2D eigenvalue weighted by atomic mass is 10.2. The molecule has 0 aliphatic rings. The van der Waals surface area contributed by atoms with Crippen molar-refractivity contribution in [2.24, 2.45) is 0 Å². The number of benzene rings is 1. The van der Waals surface area contributed by atoms with Crippen LogP contribution < -0.4 is 10.1 Å². The first-order valence-electron chi connectivity index (χ1n) is 6.76. The van der Waals surface area contributed by atoms with Crippen molar-refractivity contribution in [3.05, 3.63) is 59.1 Å². The Bertz CT molecular complexity index is 765. The number of carbonyl (C=O) groups excluding carboxylic acids is 1. The van der Waals surface area contributed by atoms with Crippen molar-refractivity contribution in [2.75, 3.05) is 7.11 Å². The number of thiophene rings is 1. The molecule has 2 N–H and O–H groups in total. The van der Waals surface area contributed by atoms with Crippen LogP contribution >= 0.6 is 11.3 Å². The molecule has 0 radical (unpaired) electrons. The number of ether oxygens (including phenoxy) is 1. The van der Waals surface area contributed by atoms with Crippen LogP contribution in [0.25, 0.3) is 10.6 Å². The monoisotopic (exact) mass is 313 g/mol. The van der Waals surface area contributed by atoms with E-state index >= 15 is 0 Å². The second-order valence-electron chi connectivity index (χ2n) is 4.68. The fourth-order valence-electron chi connectivity index (χ4n) is 2.05. The highest BCUT2D eigenvalue weighted by Gasteiger charge is 2.11. The quantitative estimate of drug-likeness (QED) is 0.760. The molecular weight excluding hydrogens is 298 g/mol. The van der Waals surface area contributed by atoms with Gasteiger partial charge in [-0.05, 0) is 35.2 Å². The molecule has 5 nitrogen and oxygen atoms in total. The van der Waals surface area contributed by atoms with Gasteiger partial charge in [0.15, 0.2) is 5.69 Å². The van der Waals surface area contributed by atoms with Gasteiger partial charge in [0.05, 0.1) is 17.7 Å². The summed E-state index contributed by atoms with van der Waals surface area (Å²) in [7, 11) is 1.62. The van der Waals surface area contributed by atoms with E-state index < -0.39 is 0 Å². The molecule has 22 heavy (non-hydrogen) atoms. The molecule has 0 unspecified atom stereocenters. The Morgan fingerprint density at radius 3 is 3.00 bits per heavy atom. The zero-order valence-corrected chi connectivity index (χ0v) is 12.8. The van der Waals surface area contributed by atoms with Crippen LogP contribution in [0.5, 0.6) is 5.75 Å². The summed E-state index contributed by atoms with van der Waals surface area (Å²) in [5, 5.41) is 11.8. The molecule has 0 saturated carbocycles. The molecule has 2 heterocycles. The van der Waals surface area contributed by atoms with E-state index in [1.807, 2.05) is 41.8 Å². The highest BCUT2D eigenvalue weighted by molar-refractivity contribution is 7.13. The first-order valence-corrected chi connectivity index (χ1v) is 7.64. The van der Waals surface area contributed by atoms with E-state index in [4.69, 9.17) is 4.74 Å². The van der Waals surface area contributed by atoms with Gasteiger partial charge in [-0.15, -0.1) is 11.3 Å². The van der Waals surface area contributed by atoms with Gasteiger partial charge in [-0.25, -0.2) is 0 Å². The van der Waals surface area contributed by atoms with Gasteiger partial charge in [0.25, 0.3) is 5.91 Å². The van der Waals surface area contributed by atoms with E-state index in [1.54, 1.807) is 24.5 Å². The molecule has 112 valence electrons. The normalized spacial score (nSPS) is 10.4. The molecular formula is C16H15N3O2S. The number of methoxy groups -OCH3 is 1. The first kappa shape index (κ1) is 14.3. The number of H-pyrrole nitrogens is 1. The van der Waals surface area contributed by atoms with E-state index in [0.717, 1.165) is 21.9 Å². The number of carbonyl (C=O) groups is 1. The SMILES string of the molecule is COc1cccc(CNC(=O)c2cc(-c3cccs3)[nH]n2)c1. The molecule has 3 aromatic rings. The molecule has 0 spiro atoms. The summed E-state index contributed by atoms with van der Waals surface area (Å²) in [4.78, 5) is 13.2. The molecule has 6 heteroatoms. The summed E-state index contributed by atoms with van der Waals surface area (Å²) < 4.78 is 5.16. The van der Waals surface area contributed by atoms with Gasteiger partial charge in [0.1, 0.15) is 5.75 Å². The third-order valence-corrected chi connectivity index (χ3v) is 4.09. The maximum Gasteiger partial charge on any atom is 0.272 e. The van der Waals surface area contributed by atoms with Crippen molar-refractivity contribution in [1.82, 2.24) is 15.5 Å². The van der Waals surface area contributed by atoms with Gasteiger partial charge >= 0.3 is 0 Å². The number of rotatable bonds is 5. The molecule has 2 aromatic heterocycles. The first-order chi connectivity index (χ1) is 10.8. The summed E-state index contributed by atoms with van der Waals surface area (Å²) in [5.41, 5.74) is 2.20. The van der Waals surface area contributed by atoms with Crippen LogP contribution in [-0.2, 0) is 6.54 Å². The Morgan fingerprint density at radius 2 is 2.23 bits per heavy atom. The zero-order valence-electron chi connectivity index (χ0n) is 12.0. The summed E-state index contributed by atoms with van der Waals surface area (Å²) in [6.07, 6.45) is 0. The number of amides is 1. The molecule has 1 amide bonds. The molecule has 0 fully saturated rings. The van der Waals surface area contributed by atoms with Crippen LogP contribution in [0.15, 0.2) is 47.8 Å². The highest BCUT2D eigenvalue weighted by atomic mass is 32.1. The van der Waals surface area contributed by atoms with Crippen molar-refractivity contribution in [3.63, 3.8) is 0 Å². The fourth-order valence-corrected chi connectivity index (χ4v) is 2.74. The average molecular weight is 313 g/mol. The van der Waals surface area contributed by atoms with Crippen molar-refractivity contribution in [2.45, 2.75) is 6.54 Å². The minimum atomic E-state index is -0.207. The Labute approximate surface area is 132 Å². The van der Waals surface area contributed by atoms with E-state index in [-0.39, 0.29) is 5.91 Å². The van der Waals surface area contributed by atoms with Crippen LogP contribution in [0.2, 0.25) is 0 Å². The molecule has 0 atom stereocenters. The van der Waals surface area contributed by atoms with Crippen LogP contribution in [0.4, 0.5) is 0 Å². The fraction of sp³-hybridized carbons (Fsp3) is 0.125.